The molecular weight excluding hydrogens is 1480 g/mol. The van der Waals surface area contributed by atoms with E-state index in [1.807, 2.05) is 0 Å². The highest BCUT2D eigenvalue weighted by Crippen LogP contribution is 2.51. The molecule has 12 aromatic carbocycles. The molecule has 0 fully saturated rings. The van der Waals surface area contributed by atoms with Gasteiger partial charge in [-0.2, -0.15) is 0 Å². The van der Waals surface area contributed by atoms with Crippen LogP contribution in [0.2, 0.25) is 0 Å². The third-order valence-electron chi connectivity index (χ3n) is 16.6. The topological polar surface area (TPSA) is 25.4 Å². The summed E-state index contributed by atoms with van der Waals surface area (Å²) >= 11 is 9.83. The summed E-state index contributed by atoms with van der Waals surface area (Å²) in [5.74, 6) is 1.72. The van der Waals surface area contributed by atoms with Crippen LogP contribution in [0.3, 0.4) is 0 Å². The predicted octanol–water partition coefficient (Wildman–Crippen LogP) is 17.5. The van der Waals surface area contributed by atoms with Crippen LogP contribution in [0.4, 0.5) is 85.3 Å². The first-order chi connectivity index (χ1) is 41.3. The number of para-hydroxylation sites is 5. The van der Waals surface area contributed by atoms with Gasteiger partial charge in [0.05, 0.1) is 11.4 Å². The van der Waals surface area contributed by atoms with E-state index in [4.69, 9.17) is 4.74 Å². The van der Waals surface area contributed by atoms with Crippen LogP contribution in [-0.2, 0) is 0 Å². The number of nitrogens with zero attached hydrogens (tertiary/aromatic N) is 5. The first-order valence-electron chi connectivity index (χ1n) is 27.9. The zero-order valence-electron chi connectivity index (χ0n) is 44.8. The van der Waals surface area contributed by atoms with Gasteiger partial charge in [-0.1, -0.05) is 121 Å². The Morgan fingerprint density at radius 3 is 1.14 bits per heavy atom. The second-order valence-corrected chi connectivity index (χ2v) is 26.4. The molecule has 0 radical (unpaired) electrons. The number of fused-ring (bicyclic) bond motifs is 8. The number of hydrogen-bond donors (Lipinski definition) is 0. The maximum Gasteiger partial charge on any atom is 0.256 e. The van der Waals surface area contributed by atoms with E-state index < -0.39 is 0 Å². The first-order valence-corrected chi connectivity index (χ1v) is 32.2. The fourth-order valence-corrected chi connectivity index (χ4v) is 15.2. The smallest absolute Gasteiger partial charge is 0.256 e. The number of rotatable bonds is 9. The van der Waals surface area contributed by atoms with Gasteiger partial charge in [-0.05, 0) is 269 Å². The van der Waals surface area contributed by atoms with Crippen molar-refractivity contribution in [2.45, 2.75) is 0 Å². The monoisotopic (exact) mass is 1520 g/mol. The van der Waals surface area contributed by atoms with Crippen LogP contribution in [0.5, 0.6) is 11.5 Å². The normalized spacial score (nSPS) is 13.0. The van der Waals surface area contributed by atoms with Crippen molar-refractivity contribution in [1.29, 1.82) is 0 Å². The Balaban J connectivity index is 1.02. The van der Waals surface area contributed by atoms with Gasteiger partial charge in [0.15, 0.2) is 0 Å². The molecule has 0 bridgehead atoms. The lowest BCUT2D eigenvalue weighted by atomic mass is 9.30. The van der Waals surface area contributed by atoms with Gasteiger partial charge in [0.2, 0.25) is 0 Å². The van der Waals surface area contributed by atoms with Crippen LogP contribution < -0.4 is 62.0 Å². The average molecular weight is 1530 g/mol. The molecule has 4 aliphatic rings. The summed E-state index contributed by atoms with van der Waals surface area (Å²) in [5, 5.41) is 0. The average Bonchev–Trinajstić information content (AvgIpc) is 0.908. The Bertz CT molecular complexity index is 4580. The lowest BCUT2D eigenvalue weighted by molar-refractivity contribution is 0.487. The van der Waals surface area contributed by atoms with E-state index >= 15 is 0 Å². The zero-order valence-corrected chi connectivity index (χ0v) is 53.4. The molecule has 0 spiro atoms. The number of anilines is 15. The van der Waals surface area contributed by atoms with E-state index in [0.29, 0.717) is 0 Å². The maximum atomic E-state index is 7.33. The van der Waals surface area contributed by atoms with E-state index in [1.165, 1.54) is 31.1 Å². The summed E-state index contributed by atoms with van der Waals surface area (Å²) in [6.07, 6.45) is 0. The van der Waals surface area contributed by atoms with E-state index in [0.717, 1.165) is 113 Å². The SMILES string of the molecule is Ic1cccc(N(c2ccccc2)c2cc3c4c(c2)N(c2ccccc2)c2cc5c(cc2B4c2ccc(I)cc2O3)B2c3ccc(I)cc3N(c3ccccc3)c3cc(N(c4ccccc4)c4cccc(I)c4)cc(c32)N5c2ccccc2)c1. The molecule has 0 saturated heterocycles. The molecule has 4 heterocycles. The largest absolute Gasteiger partial charge is 0.458 e. The van der Waals surface area contributed by atoms with Gasteiger partial charge in [0.1, 0.15) is 11.5 Å². The van der Waals surface area contributed by atoms with Gasteiger partial charge in [-0.3, -0.25) is 0 Å². The van der Waals surface area contributed by atoms with Crippen LogP contribution in [0.1, 0.15) is 0 Å². The van der Waals surface area contributed by atoms with Gasteiger partial charge < -0.3 is 29.2 Å². The summed E-state index contributed by atoms with van der Waals surface area (Å²) in [5.41, 5.74) is 23.6. The van der Waals surface area contributed by atoms with Crippen molar-refractivity contribution in [3.8, 4) is 11.5 Å². The molecule has 6 nitrogen and oxygen atoms in total. The van der Waals surface area contributed by atoms with Crippen molar-refractivity contribution in [3.63, 3.8) is 0 Å². The quantitative estimate of drug-likeness (QED) is 0.106. The van der Waals surface area contributed by atoms with Crippen molar-refractivity contribution >= 4 is 222 Å². The molecule has 0 aromatic heterocycles. The van der Waals surface area contributed by atoms with Crippen molar-refractivity contribution in [2.75, 3.05) is 24.5 Å². The van der Waals surface area contributed by atoms with Crippen molar-refractivity contribution in [3.05, 3.63) is 287 Å². The summed E-state index contributed by atoms with van der Waals surface area (Å²) in [6.45, 7) is -0.327. The summed E-state index contributed by atoms with van der Waals surface area (Å²) in [7, 11) is 0. The molecule has 0 saturated carbocycles. The second-order valence-electron chi connectivity index (χ2n) is 21.4. The van der Waals surface area contributed by atoms with Gasteiger partial charge >= 0.3 is 0 Å². The minimum Gasteiger partial charge on any atom is -0.458 e. The highest BCUT2D eigenvalue weighted by Gasteiger charge is 2.48. The molecule has 0 N–H and O–H groups in total. The summed E-state index contributed by atoms with van der Waals surface area (Å²) in [4.78, 5) is 12.4. The lowest BCUT2D eigenvalue weighted by Gasteiger charge is -2.47. The molecule has 0 aliphatic carbocycles. The number of benzene rings is 12. The molecule has 4 aliphatic heterocycles. The summed E-state index contributed by atoms with van der Waals surface area (Å²) in [6, 6.07) is 101. The third kappa shape index (κ3) is 8.74. The van der Waals surface area contributed by atoms with E-state index in [1.54, 1.807) is 0 Å². The van der Waals surface area contributed by atoms with Gasteiger partial charge in [-0.15, -0.1) is 0 Å². The number of ether oxygens (including phenoxy) is 1. The number of hydrogen-bond acceptors (Lipinski definition) is 6. The standard InChI is InChI=1S/C72H45B2I4N5O/c75-46-18-16-30-55(36-46)79(50-20-6-1-7-21-50)57-40-66-71-67(41-57)82(53-26-12-4-13-27-53)64-45-65-62(44-61(64)73(71)59-34-32-48(77)38-63(59)81(66)52-24-10-3-11-25-52)74-60-35-33-49(78)39-69(60)84-70-43-58(42-68(72(70)74)83(65)54-28-14-5-15-29-54)80(51-22-8-2-9-23-51)56-31-17-19-47(76)37-56/h1-45H. The molecule has 0 amide bonds. The Labute approximate surface area is 544 Å². The Morgan fingerprint density at radius 1 is 0.262 bits per heavy atom. The predicted molar refractivity (Wildman–Crippen MR) is 387 cm³/mol. The summed E-state index contributed by atoms with van der Waals surface area (Å²) < 4.78 is 11.9. The Hall–Kier alpha value is -7.51. The van der Waals surface area contributed by atoms with Crippen LogP contribution in [0.25, 0.3) is 0 Å². The highest BCUT2D eigenvalue weighted by atomic mass is 127. The van der Waals surface area contributed by atoms with Crippen LogP contribution in [0, 0.1) is 14.3 Å². The fourth-order valence-electron chi connectivity index (χ4n) is 13.3. The second kappa shape index (κ2) is 21.2. The molecular formula is C72H45B2I4N5O. The van der Waals surface area contributed by atoms with Gasteiger partial charge in [0.25, 0.3) is 13.4 Å². The molecule has 398 valence electrons. The van der Waals surface area contributed by atoms with Gasteiger partial charge in [0, 0.05) is 94.3 Å². The van der Waals surface area contributed by atoms with E-state index in [2.05, 4.69) is 388 Å². The molecule has 16 rings (SSSR count). The molecule has 12 heteroatoms. The molecule has 84 heavy (non-hydrogen) atoms. The molecule has 12 aromatic rings. The Morgan fingerprint density at radius 2 is 0.655 bits per heavy atom. The first kappa shape index (κ1) is 52.1. The van der Waals surface area contributed by atoms with Crippen LogP contribution in [0.15, 0.2) is 273 Å². The van der Waals surface area contributed by atoms with Crippen molar-refractivity contribution in [2.24, 2.45) is 0 Å². The van der Waals surface area contributed by atoms with E-state index in [9.17, 15) is 0 Å². The van der Waals surface area contributed by atoms with E-state index in [-0.39, 0.29) is 13.4 Å². The van der Waals surface area contributed by atoms with Crippen LogP contribution >= 0.6 is 90.4 Å². The molecule has 0 atom stereocenters. The maximum absolute atomic E-state index is 7.33. The fraction of sp³-hybridized carbons (Fsp3) is 0. The van der Waals surface area contributed by atoms with Gasteiger partial charge in [-0.25, -0.2) is 0 Å². The number of halogens is 4. The minimum absolute atomic E-state index is 0.156. The third-order valence-corrected chi connectivity index (χ3v) is 19.3. The minimum atomic E-state index is -0.171. The lowest BCUT2D eigenvalue weighted by Crippen LogP contribution is -2.64. The highest BCUT2D eigenvalue weighted by molar-refractivity contribution is 14.1. The van der Waals surface area contributed by atoms with Crippen LogP contribution in [-0.4, -0.2) is 13.4 Å². The van der Waals surface area contributed by atoms with Crippen molar-refractivity contribution < 1.29 is 4.74 Å². The zero-order chi connectivity index (χ0) is 56.2. The Kier molecular flexibility index (Phi) is 13.2. The molecule has 0 unspecified atom stereocenters. The van der Waals surface area contributed by atoms with Crippen molar-refractivity contribution in [1.82, 2.24) is 0 Å².